The highest BCUT2D eigenvalue weighted by atomic mass is 19.1. The summed E-state index contributed by atoms with van der Waals surface area (Å²) >= 11 is 0. The predicted octanol–water partition coefficient (Wildman–Crippen LogP) is 8.64. The summed E-state index contributed by atoms with van der Waals surface area (Å²) in [5, 5.41) is 6.18. The SMILES string of the molecule is Cc1cc(F)c(Nc2nc(-c3ccc4c(c3)N(C3CC(N5CCCCC5)C3)C(=O)C43CCN(C(=O)OC(C)(C)C)CC3)cc3ncn(C(C)C)c23)cc1C(=O)NC(C)C. The number of likely N-dealkylation sites (tertiary alicyclic amines) is 2. The van der Waals surface area contributed by atoms with Crippen LogP contribution in [0.3, 0.4) is 0 Å². The van der Waals surface area contributed by atoms with Crippen molar-refractivity contribution in [1.29, 1.82) is 0 Å². The lowest BCUT2D eigenvalue weighted by atomic mass is 9.73. The quantitative estimate of drug-likeness (QED) is 0.181. The van der Waals surface area contributed by atoms with Crippen LogP contribution in [0.25, 0.3) is 22.3 Å². The number of hydrogen-bond acceptors (Lipinski definition) is 8. The number of ether oxygens (including phenoxy) is 1. The zero-order chi connectivity index (χ0) is 42.0. The Morgan fingerprint density at radius 3 is 2.32 bits per heavy atom. The molecule has 2 aromatic heterocycles. The third-order valence-electron chi connectivity index (χ3n) is 12.7. The van der Waals surface area contributed by atoms with Crippen molar-refractivity contribution in [2.24, 2.45) is 0 Å². The maximum Gasteiger partial charge on any atom is 0.410 e. The highest BCUT2D eigenvalue weighted by molar-refractivity contribution is 6.09. The lowest BCUT2D eigenvalue weighted by Crippen LogP contribution is -2.58. The van der Waals surface area contributed by atoms with Crippen LogP contribution in [0, 0.1) is 12.7 Å². The first kappa shape index (κ1) is 40.7. The molecule has 13 heteroatoms. The van der Waals surface area contributed by atoms with Crippen LogP contribution in [0.15, 0.2) is 42.7 Å². The van der Waals surface area contributed by atoms with Crippen molar-refractivity contribution < 1.29 is 23.5 Å². The highest BCUT2D eigenvalue weighted by Crippen LogP contribution is 2.52. The molecule has 4 aromatic rings. The number of anilines is 3. The molecule has 314 valence electrons. The Bertz CT molecular complexity index is 2280. The minimum absolute atomic E-state index is 0.0391. The Hall–Kier alpha value is -5.04. The number of aryl methyl sites for hydroxylation is 1. The van der Waals surface area contributed by atoms with Gasteiger partial charge in [0, 0.05) is 54.1 Å². The molecule has 2 saturated heterocycles. The summed E-state index contributed by atoms with van der Waals surface area (Å²) in [6.45, 7) is 18.3. The van der Waals surface area contributed by atoms with E-state index >= 15 is 4.39 Å². The first-order valence-corrected chi connectivity index (χ1v) is 21.5. The van der Waals surface area contributed by atoms with Crippen molar-refractivity contribution >= 4 is 46.1 Å². The fraction of sp³-hybridized carbons (Fsp3) is 0.543. The van der Waals surface area contributed by atoms with E-state index in [2.05, 4.69) is 46.4 Å². The van der Waals surface area contributed by atoms with Gasteiger partial charge in [0.05, 0.1) is 28.6 Å². The van der Waals surface area contributed by atoms with Gasteiger partial charge < -0.3 is 34.6 Å². The number of nitrogens with zero attached hydrogens (tertiary/aromatic N) is 6. The van der Waals surface area contributed by atoms with Gasteiger partial charge in [-0.1, -0.05) is 18.6 Å². The Kier molecular flexibility index (Phi) is 10.7. The van der Waals surface area contributed by atoms with Gasteiger partial charge in [0.2, 0.25) is 5.91 Å². The van der Waals surface area contributed by atoms with Crippen LogP contribution >= 0.6 is 0 Å². The molecule has 0 unspecified atom stereocenters. The number of hydrogen-bond donors (Lipinski definition) is 2. The van der Waals surface area contributed by atoms with E-state index in [9.17, 15) is 14.4 Å². The van der Waals surface area contributed by atoms with E-state index < -0.39 is 16.8 Å². The van der Waals surface area contributed by atoms with Gasteiger partial charge in [-0.05, 0) is 142 Å². The number of fused-ring (bicyclic) bond motifs is 3. The summed E-state index contributed by atoms with van der Waals surface area (Å²) in [4.78, 5) is 57.5. The fourth-order valence-corrected chi connectivity index (χ4v) is 9.51. The second kappa shape index (κ2) is 15.5. The van der Waals surface area contributed by atoms with Crippen molar-refractivity contribution in [2.75, 3.05) is 36.4 Å². The van der Waals surface area contributed by atoms with E-state index in [1.165, 1.54) is 25.3 Å². The van der Waals surface area contributed by atoms with Crippen LogP contribution < -0.4 is 15.5 Å². The van der Waals surface area contributed by atoms with Crippen LogP contribution in [0.4, 0.5) is 26.4 Å². The standard InChI is InChI=1S/C46H59FN8O4/c1-27(2)49-42(56)33-24-37(35(47)20-29(33)5)51-41-40-38(48-26-54(40)28(3)4)25-36(50-41)30-12-13-34-39(21-30)55(32-22-31(23-32)52-16-10-9-11-17-52)43(57)46(34)14-18-53(19-15-46)44(58)59-45(6,7)8/h12-13,20-21,24-28,31-32H,9-11,14-19,22-23H2,1-8H3,(H,49,56)(H,50,51). The molecule has 2 N–H and O–H groups in total. The van der Waals surface area contributed by atoms with E-state index in [0.29, 0.717) is 65.6 Å². The van der Waals surface area contributed by atoms with E-state index in [1.807, 2.05) is 51.3 Å². The molecule has 0 bridgehead atoms. The smallest absolute Gasteiger partial charge is 0.410 e. The molecular formula is C46H59FN8O4. The van der Waals surface area contributed by atoms with Gasteiger partial charge in [-0.15, -0.1) is 0 Å². The summed E-state index contributed by atoms with van der Waals surface area (Å²) in [6, 6.07) is 11.6. The summed E-state index contributed by atoms with van der Waals surface area (Å²) in [5.74, 6) is -0.259. The zero-order valence-electron chi connectivity index (χ0n) is 35.8. The normalized spacial score (nSPS) is 20.7. The molecule has 2 aromatic carbocycles. The molecule has 4 aliphatic rings. The van der Waals surface area contributed by atoms with E-state index in [0.717, 1.165) is 42.7 Å². The minimum atomic E-state index is -0.745. The second-order valence-electron chi connectivity index (χ2n) is 18.7. The fourth-order valence-electron chi connectivity index (χ4n) is 9.51. The summed E-state index contributed by atoms with van der Waals surface area (Å²) in [5.41, 5.74) is 4.40. The topological polar surface area (TPSA) is 125 Å². The molecule has 3 amide bonds. The Morgan fingerprint density at radius 1 is 0.949 bits per heavy atom. The van der Waals surface area contributed by atoms with Crippen LogP contribution in [0.2, 0.25) is 0 Å². The summed E-state index contributed by atoms with van der Waals surface area (Å²) < 4.78 is 23.4. The molecule has 3 fully saturated rings. The molecule has 5 heterocycles. The first-order valence-electron chi connectivity index (χ1n) is 21.5. The number of imidazole rings is 1. The molecule has 1 spiro atoms. The number of pyridine rings is 1. The van der Waals surface area contributed by atoms with Gasteiger partial charge in [0.15, 0.2) is 5.82 Å². The molecule has 59 heavy (non-hydrogen) atoms. The Balaban J connectivity index is 1.17. The van der Waals surface area contributed by atoms with E-state index in [-0.39, 0.29) is 41.7 Å². The van der Waals surface area contributed by atoms with Gasteiger partial charge >= 0.3 is 6.09 Å². The number of halogens is 1. The Morgan fingerprint density at radius 2 is 1.66 bits per heavy atom. The number of amides is 3. The van der Waals surface area contributed by atoms with Crippen LogP contribution in [-0.2, 0) is 14.9 Å². The number of carbonyl (C=O) groups is 3. The number of carbonyl (C=O) groups excluding carboxylic acids is 3. The molecule has 8 rings (SSSR count). The average molecular weight is 807 g/mol. The largest absolute Gasteiger partial charge is 0.444 e. The average Bonchev–Trinajstić information content (AvgIpc) is 3.69. The van der Waals surface area contributed by atoms with Crippen LogP contribution in [0.5, 0.6) is 0 Å². The summed E-state index contributed by atoms with van der Waals surface area (Å²) in [6.07, 6.45) is 8.04. The maximum absolute atomic E-state index is 15.7. The molecule has 3 aliphatic heterocycles. The Labute approximate surface area is 346 Å². The third kappa shape index (κ3) is 7.66. The highest BCUT2D eigenvalue weighted by Gasteiger charge is 2.56. The maximum atomic E-state index is 15.7. The predicted molar refractivity (Wildman–Crippen MR) is 229 cm³/mol. The van der Waals surface area contributed by atoms with E-state index in [1.54, 1.807) is 24.2 Å². The molecule has 12 nitrogen and oxygen atoms in total. The molecular weight excluding hydrogens is 748 g/mol. The number of piperidine rings is 2. The molecule has 1 aliphatic carbocycles. The van der Waals surface area contributed by atoms with Crippen molar-refractivity contribution in [3.63, 3.8) is 0 Å². The van der Waals surface area contributed by atoms with Gasteiger partial charge in [-0.3, -0.25) is 9.59 Å². The van der Waals surface area contributed by atoms with Gasteiger partial charge in [-0.25, -0.2) is 19.2 Å². The number of rotatable bonds is 8. The monoisotopic (exact) mass is 806 g/mol. The number of aromatic nitrogens is 3. The third-order valence-corrected chi connectivity index (χ3v) is 12.7. The minimum Gasteiger partial charge on any atom is -0.444 e. The first-order chi connectivity index (χ1) is 28.0. The van der Waals surface area contributed by atoms with Gasteiger partial charge in [0.1, 0.15) is 16.9 Å². The van der Waals surface area contributed by atoms with Crippen molar-refractivity contribution in [1.82, 2.24) is 29.7 Å². The lowest BCUT2D eigenvalue weighted by Gasteiger charge is -2.48. The van der Waals surface area contributed by atoms with Crippen molar-refractivity contribution in [2.45, 2.75) is 136 Å². The van der Waals surface area contributed by atoms with Crippen molar-refractivity contribution in [3.05, 3.63) is 65.2 Å². The van der Waals surface area contributed by atoms with Crippen molar-refractivity contribution in [3.8, 4) is 11.3 Å². The molecule has 0 radical (unpaired) electrons. The van der Waals surface area contributed by atoms with Crippen LogP contribution in [0.1, 0.15) is 121 Å². The van der Waals surface area contributed by atoms with Gasteiger partial charge in [-0.2, -0.15) is 0 Å². The number of benzene rings is 2. The van der Waals surface area contributed by atoms with Gasteiger partial charge in [0.25, 0.3) is 5.91 Å². The van der Waals surface area contributed by atoms with Crippen LogP contribution in [-0.4, -0.2) is 92.1 Å². The zero-order valence-corrected chi connectivity index (χ0v) is 35.8. The molecule has 0 atom stereocenters. The van der Waals surface area contributed by atoms with E-state index in [4.69, 9.17) is 14.7 Å². The summed E-state index contributed by atoms with van der Waals surface area (Å²) in [7, 11) is 0. The lowest BCUT2D eigenvalue weighted by molar-refractivity contribution is -0.126. The molecule has 1 saturated carbocycles. The second-order valence-corrected chi connectivity index (χ2v) is 18.7. The number of nitrogens with one attached hydrogen (secondary N) is 2.